The van der Waals surface area contributed by atoms with Gasteiger partial charge in [0.25, 0.3) is 5.56 Å². The van der Waals surface area contributed by atoms with Crippen LogP contribution in [0, 0.1) is 11.3 Å². The molecule has 9 nitrogen and oxygen atoms in total. The minimum Gasteiger partial charge on any atom is -0.496 e. The predicted octanol–water partition coefficient (Wildman–Crippen LogP) is 6.22. The van der Waals surface area contributed by atoms with Crippen molar-refractivity contribution in [3.05, 3.63) is 118 Å². The van der Waals surface area contributed by atoms with Crippen LogP contribution in [0.4, 0.5) is 5.69 Å². The Labute approximate surface area is 247 Å². The Hall–Kier alpha value is -5.88. The number of hydrogen-bond acceptors (Lipinski definition) is 8. The second-order valence-electron chi connectivity index (χ2n) is 9.97. The van der Waals surface area contributed by atoms with E-state index in [0.717, 1.165) is 16.6 Å². The smallest absolute Gasteiger partial charge is 0.282 e. The van der Waals surface area contributed by atoms with Crippen LogP contribution in [0.5, 0.6) is 11.5 Å². The fourth-order valence-corrected chi connectivity index (χ4v) is 4.78. The molecular formula is C34H27N5O4. The van der Waals surface area contributed by atoms with Gasteiger partial charge in [0, 0.05) is 37.0 Å². The average Bonchev–Trinajstić information content (AvgIpc) is 3.48. The van der Waals surface area contributed by atoms with Gasteiger partial charge in [-0.3, -0.25) is 4.79 Å². The lowest BCUT2D eigenvalue weighted by Crippen LogP contribution is -2.20. The van der Waals surface area contributed by atoms with E-state index in [4.69, 9.17) is 18.9 Å². The number of para-hydroxylation sites is 1. The first-order chi connectivity index (χ1) is 21.0. The van der Waals surface area contributed by atoms with E-state index in [2.05, 4.69) is 11.2 Å². The molecule has 0 spiro atoms. The molecule has 9 heteroatoms. The highest BCUT2D eigenvalue weighted by Gasteiger charge is 2.18. The van der Waals surface area contributed by atoms with Crippen molar-refractivity contribution in [2.75, 3.05) is 26.1 Å². The zero-order chi connectivity index (χ0) is 29.9. The molecule has 43 heavy (non-hydrogen) atoms. The average molecular weight is 570 g/mol. The van der Waals surface area contributed by atoms with E-state index >= 15 is 0 Å². The third-order valence-electron chi connectivity index (χ3n) is 7.06. The van der Waals surface area contributed by atoms with Gasteiger partial charge in [0.15, 0.2) is 5.76 Å². The number of benzene rings is 4. The standard InChI is InChI=1S/C34H27N5O4/c1-38(2)25-16-15-23(31(17-25)42-21-24-10-5-4-9-22(24)19-35)20-36-39-33(37-28-12-7-6-11-26(28)34(39)40)32-18-27-29(41-3)13-8-14-30(27)43-32/h4-18,20H,21H2,1-3H3. The number of fused-ring (bicyclic) bond motifs is 2. The van der Waals surface area contributed by atoms with Gasteiger partial charge in [-0.15, -0.1) is 0 Å². The number of nitrogens with zero attached hydrogens (tertiary/aromatic N) is 5. The molecule has 0 saturated carbocycles. The molecule has 0 bridgehead atoms. The molecular weight excluding hydrogens is 542 g/mol. The maximum atomic E-state index is 13.8. The molecule has 0 fully saturated rings. The Kier molecular flexibility index (Phi) is 7.33. The summed E-state index contributed by atoms with van der Waals surface area (Å²) in [4.78, 5) is 20.5. The van der Waals surface area contributed by atoms with Crippen molar-refractivity contribution in [1.29, 1.82) is 5.26 Å². The summed E-state index contributed by atoms with van der Waals surface area (Å²) in [7, 11) is 5.47. The van der Waals surface area contributed by atoms with Gasteiger partial charge in [-0.2, -0.15) is 15.0 Å². The quantitative estimate of drug-likeness (QED) is 0.200. The molecule has 0 aliphatic carbocycles. The first kappa shape index (κ1) is 27.3. The van der Waals surface area contributed by atoms with Gasteiger partial charge >= 0.3 is 0 Å². The molecule has 0 atom stereocenters. The molecule has 0 N–H and O–H groups in total. The molecule has 0 radical (unpaired) electrons. The lowest BCUT2D eigenvalue weighted by atomic mass is 10.1. The molecule has 2 aromatic heterocycles. The van der Waals surface area contributed by atoms with Gasteiger partial charge < -0.3 is 18.8 Å². The molecule has 6 aromatic rings. The second-order valence-corrected chi connectivity index (χ2v) is 9.97. The van der Waals surface area contributed by atoms with E-state index in [9.17, 15) is 10.1 Å². The van der Waals surface area contributed by atoms with Crippen molar-refractivity contribution in [3.63, 3.8) is 0 Å². The van der Waals surface area contributed by atoms with Crippen LogP contribution in [-0.4, -0.2) is 37.1 Å². The van der Waals surface area contributed by atoms with Crippen LogP contribution >= 0.6 is 0 Å². The van der Waals surface area contributed by atoms with Gasteiger partial charge in [-0.1, -0.05) is 36.4 Å². The maximum absolute atomic E-state index is 13.8. The molecule has 4 aromatic carbocycles. The third kappa shape index (κ3) is 5.29. The number of ether oxygens (including phenoxy) is 2. The number of hydrogen-bond donors (Lipinski definition) is 0. The SMILES string of the molecule is COc1cccc2oc(-c3nc4ccccc4c(=O)n3N=Cc3ccc(N(C)C)cc3OCc3ccccc3C#N)cc12. The van der Waals surface area contributed by atoms with Crippen molar-refractivity contribution in [2.45, 2.75) is 6.61 Å². The van der Waals surface area contributed by atoms with Crippen molar-refractivity contribution in [2.24, 2.45) is 5.10 Å². The zero-order valence-electron chi connectivity index (χ0n) is 23.8. The highest BCUT2D eigenvalue weighted by Crippen LogP contribution is 2.33. The van der Waals surface area contributed by atoms with Crippen molar-refractivity contribution >= 4 is 33.8 Å². The Morgan fingerprint density at radius 2 is 1.79 bits per heavy atom. The second kappa shape index (κ2) is 11.5. The van der Waals surface area contributed by atoms with Crippen molar-refractivity contribution in [3.8, 4) is 29.2 Å². The Morgan fingerprint density at radius 1 is 0.977 bits per heavy atom. The van der Waals surface area contributed by atoms with Gasteiger partial charge in [0.05, 0.1) is 41.2 Å². The fourth-order valence-electron chi connectivity index (χ4n) is 4.78. The summed E-state index contributed by atoms with van der Waals surface area (Å²) in [5, 5.41) is 15.3. The number of nitriles is 1. The van der Waals surface area contributed by atoms with Crippen LogP contribution in [0.1, 0.15) is 16.7 Å². The number of methoxy groups -OCH3 is 1. The van der Waals surface area contributed by atoms with Crippen LogP contribution in [0.2, 0.25) is 0 Å². The Balaban J connectivity index is 1.46. The lowest BCUT2D eigenvalue weighted by Gasteiger charge is -2.16. The zero-order valence-corrected chi connectivity index (χ0v) is 23.8. The van der Waals surface area contributed by atoms with Crippen molar-refractivity contribution < 1.29 is 13.9 Å². The Bertz CT molecular complexity index is 2100. The normalized spacial score (nSPS) is 11.2. The number of rotatable bonds is 8. The number of anilines is 1. The Morgan fingerprint density at radius 3 is 2.60 bits per heavy atom. The first-order valence-corrected chi connectivity index (χ1v) is 13.5. The van der Waals surface area contributed by atoms with E-state index in [1.54, 1.807) is 43.7 Å². The molecule has 0 aliphatic rings. The molecule has 0 aliphatic heterocycles. The molecule has 0 amide bonds. The summed E-state index contributed by atoms with van der Waals surface area (Å²) in [6, 6.07) is 29.6. The molecule has 6 rings (SSSR count). The van der Waals surface area contributed by atoms with Crippen LogP contribution < -0.4 is 19.9 Å². The molecule has 212 valence electrons. The van der Waals surface area contributed by atoms with Crippen LogP contribution in [0.15, 0.2) is 105 Å². The van der Waals surface area contributed by atoms with Crippen molar-refractivity contribution in [1.82, 2.24) is 9.66 Å². The van der Waals surface area contributed by atoms with E-state index in [1.165, 1.54) is 4.68 Å². The minimum atomic E-state index is -0.348. The fraction of sp³-hybridized carbons (Fsp3) is 0.118. The summed E-state index contributed by atoms with van der Waals surface area (Å²) in [6.45, 7) is 0.186. The van der Waals surface area contributed by atoms with Crippen LogP contribution in [0.25, 0.3) is 33.5 Å². The van der Waals surface area contributed by atoms with Gasteiger partial charge in [0.2, 0.25) is 5.82 Å². The number of aromatic nitrogens is 2. The predicted molar refractivity (Wildman–Crippen MR) is 167 cm³/mol. The molecule has 0 saturated heterocycles. The van der Waals surface area contributed by atoms with E-state index in [-0.39, 0.29) is 18.0 Å². The first-order valence-electron chi connectivity index (χ1n) is 13.5. The minimum absolute atomic E-state index is 0.186. The van der Waals surface area contributed by atoms with E-state index in [0.29, 0.717) is 44.9 Å². The van der Waals surface area contributed by atoms with Gasteiger partial charge in [0.1, 0.15) is 23.7 Å². The highest BCUT2D eigenvalue weighted by molar-refractivity contribution is 5.89. The maximum Gasteiger partial charge on any atom is 0.282 e. The summed E-state index contributed by atoms with van der Waals surface area (Å²) in [6.07, 6.45) is 1.57. The van der Waals surface area contributed by atoms with Gasteiger partial charge in [-0.25, -0.2) is 4.98 Å². The summed E-state index contributed by atoms with van der Waals surface area (Å²) in [5.41, 5.74) is 3.64. The largest absolute Gasteiger partial charge is 0.496 e. The number of furan rings is 1. The van der Waals surface area contributed by atoms with E-state index < -0.39 is 0 Å². The summed E-state index contributed by atoms with van der Waals surface area (Å²) >= 11 is 0. The highest BCUT2D eigenvalue weighted by atomic mass is 16.5. The van der Waals surface area contributed by atoms with Gasteiger partial charge in [-0.05, 0) is 48.5 Å². The lowest BCUT2D eigenvalue weighted by molar-refractivity contribution is 0.305. The third-order valence-corrected chi connectivity index (χ3v) is 7.06. The van der Waals surface area contributed by atoms with Crippen LogP contribution in [0.3, 0.4) is 0 Å². The molecule has 2 heterocycles. The summed E-state index contributed by atoms with van der Waals surface area (Å²) < 4.78 is 19.1. The molecule has 0 unspecified atom stereocenters. The van der Waals surface area contributed by atoms with Crippen LogP contribution in [-0.2, 0) is 6.61 Å². The topological polar surface area (TPSA) is 106 Å². The summed E-state index contributed by atoms with van der Waals surface area (Å²) in [5.74, 6) is 1.80. The van der Waals surface area contributed by atoms with E-state index in [1.807, 2.05) is 79.7 Å². The monoisotopic (exact) mass is 569 g/mol.